The second kappa shape index (κ2) is 5.80. The van der Waals surface area contributed by atoms with Crippen LogP contribution in [-0.2, 0) is 0 Å². The van der Waals surface area contributed by atoms with Crippen molar-refractivity contribution in [3.05, 3.63) is 59.5 Å². The molecule has 6 heteroatoms. The lowest BCUT2D eigenvalue weighted by Crippen LogP contribution is -2.12. The Bertz CT molecular complexity index is 770. The standard InChI is InChI=1S/C15H12N4OS/c1-10-3-2-4-11(7-10)18-14(20)13-9-21-15(19-13)12-8-16-5-6-17-12/h2-9H,1H3,(H,18,20). The SMILES string of the molecule is Cc1cccc(NC(=O)c2csc(-c3cnccn3)n2)c1. The van der Waals surface area contributed by atoms with E-state index in [4.69, 9.17) is 0 Å². The second-order valence-corrected chi connectivity index (χ2v) is 5.31. The van der Waals surface area contributed by atoms with Crippen molar-refractivity contribution >= 4 is 22.9 Å². The average molecular weight is 296 g/mol. The summed E-state index contributed by atoms with van der Waals surface area (Å²) in [6, 6.07) is 7.64. The number of nitrogens with one attached hydrogen (secondary N) is 1. The molecule has 0 fully saturated rings. The van der Waals surface area contributed by atoms with E-state index < -0.39 is 0 Å². The Labute approximate surface area is 125 Å². The molecule has 2 heterocycles. The van der Waals surface area contributed by atoms with Crippen molar-refractivity contribution in [3.63, 3.8) is 0 Å². The van der Waals surface area contributed by atoms with Crippen LogP contribution in [0.4, 0.5) is 5.69 Å². The first-order chi connectivity index (χ1) is 10.2. The van der Waals surface area contributed by atoms with Gasteiger partial charge in [0.1, 0.15) is 16.4 Å². The highest BCUT2D eigenvalue weighted by molar-refractivity contribution is 7.13. The van der Waals surface area contributed by atoms with Crippen molar-refractivity contribution in [3.8, 4) is 10.7 Å². The summed E-state index contributed by atoms with van der Waals surface area (Å²) in [5.74, 6) is -0.230. The van der Waals surface area contributed by atoms with Crippen molar-refractivity contribution in [2.24, 2.45) is 0 Å². The molecule has 21 heavy (non-hydrogen) atoms. The number of hydrogen-bond donors (Lipinski definition) is 1. The van der Waals surface area contributed by atoms with Crippen LogP contribution in [0.25, 0.3) is 10.7 Å². The molecule has 0 saturated heterocycles. The Hall–Kier alpha value is -2.60. The summed E-state index contributed by atoms with van der Waals surface area (Å²) in [7, 11) is 0. The van der Waals surface area contributed by atoms with Crippen LogP contribution < -0.4 is 5.32 Å². The van der Waals surface area contributed by atoms with E-state index in [1.807, 2.05) is 31.2 Å². The molecule has 1 aromatic carbocycles. The largest absolute Gasteiger partial charge is 0.321 e. The lowest BCUT2D eigenvalue weighted by atomic mass is 10.2. The first kappa shape index (κ1) is 13.4. The van der Waals surface area contributed by atoms with Crippen LogP contribution in [0.5, 0.6) is 0 Å². The van der Waals surface area contributed by atoms with Crippen molar-refractivity contribution in [2.75, 3.05) is 5.32 Å². The zero-order valence-electron chi connectivity index (χ0n) is 11.3. The predicted octanol–water partition coefficient (Wildman–Crippen LogP) is 3.16. The number of carbonyl (C=O) groups is 1. The van der Waals surface area contributed by atoms with Gasteiger partial charge in [0.2, 0.25) is 0 Å². The molecule has 3 rings (SSSR count). The number of carbonyl (C=O) groups excluding carboxylic acids is 1. The molecule has 1 N–H and O–H groups in total. The van der Waals surface area contributed by atoms with Gasteiger partial charge in [-0.1, -0.05) is 12.1 Å². The quantitative estimate of drug-likeness (QED) is 0.806. The third-order valence-electron chi connectivity index (χ3n) is 2.80. The summed E-state index contributed by atoms with van der Waals surface area (Å²) in [6.45, 7) is 1.98. The third kappa shape index (κ3) is 3.11. The van der Waals surface area contributed by atoms with E-state index in [1.54, 1.807) is 24.0 Å². The highest BCUT2D eigenvalue weighted by Crippen LogP contribution is 2.21. The summed E-state index contributed by atoms with van der Waals surface area (Å²) in [5.41, 5.74) is 2.89. The van der Waals surface area contributed by atoms with Gasteiger partial charge < -0.3 is 5.32 Å². The van der Waals surface area contributed by atoms with Crippen molar-refractivity contribution in [2.45, 2.75) is 6.92 Å². The first-order valence-electron chi connectivity index (χ1n) is 6.32. The van der Waals surface area contributed by atoms with E-state index in [2.05, 4.69) is 20.3 Å². The van der Waals surface area contributed by atoms with Crippen molar-refractivity contribution < 1.29 is 4.79 Å². The Balaban J connectivity index is 1.78. The molecule has 5 nitrogen and oxygen atoms in total. The fraction of sp³-hybridized carbons (Fsp3) is 0.0667. The minimum atomic E-state index is -0.230. The summed E-state index contributed by atoms with van der Waals surface area (Å²) in [6.07, 6.45) is 4.83. The Kier molecular flexibility index (Phi) is 3.70. The molecule has 0 atom stereocenters. The lowest BCUT2D eigenvalue weighted by molar-refractivity contribution is 0.102. The summed E-state index contributed by atoms with van der Waals surface area (Å²) >= 11 is 1.37. The van der Waals surface area contributed by atoms with Crippen LogP contribution in [-0.4, -0.2) is 20.9 Å². The van der Waals surface area contributed by atoms with E-state index in [9.17, 15) is 4.79 Å². The Morgan fingerprint density at radius 1 is 1.29 bits per heavy atom. The van der Waals surface area contributed by atoms with Crippen LogP contribution >= 0.6 is 11.3 Å². The molecule has 0 spiro atoms. The number of nitrogens with zero attached hydrogens (tertiary/aromatic N) is 3. The molecule has 2 aromatic heterocycles. The molecule has 0 bridgehead atoms. The predicted molar refractivity (Wildman–Crippen MR) is 82.3 cm³/mol. The number of anilines is 1. The van der Waals surface area contributed by atoms with Crippen LogP contribution in [0, 0.1) is 6.92 Å². The molecule has 0 aliphatic heterocycles. The normalized spacial score (nSPS) is 10.3. The minimum absolute atomic E-state index is 0.230. The minimum Gasteiger partial charge on any atom is -0.321 e. The van der Waals surface area contributed by atoms with Gasteiger partial charge in [-0.3, -0.25) is 14.8 Å². The van der Waals surface area contributed by atoms with Crippen LogP contribution in [0.2, 0.25) is 0 Å². The highest BCUT2D eigenvalue weighted by atomic mass is 32.1. The molecule has 0 saturated carbocycles. The van der Waals surface area contributed by atoms with Gasteiger partial charge in [-0.2, -0.15) is 0 Å². The fourth-order valence-electron chi connectivity index (χ4n) is 1.82. The lowest BCUT2D eigenvalue weighted by Gasteiger charge is -2.03. The smallest absolute Gasteiger partial charge is 0.275 e. The van der Waals surface area contributed by atoms with E-state index in [-0.39, 0.29) is 5.91 Å². The van der Waals surface area contributed by atoms with Gasteiger partial charge in [-0.25, -0.2) is 4.98 Å². The van der Waals surface area contributed by atoms with E-state index >= 15 is 0 Å². The number of rotatable bonds is 3. The third-order valence-corrected chi connectivity index (χ3v) is 3.66. The zero-order valence-corrected chi connectivity index (χ0v) is 12.1. The maximum Gasteiger partial charge on any atom is 0.275 e. The van der Waals surface area contributed by atoms with Gasteiger partial charge in [0.15, 0.2) is 0 Å². The Morgan fingerprint density at radius 2 is 2.19 bits per heavy atom. The highest BCUT2D eigenvalue weighted by Gasteiger charge is 2.12. The Morgan fingerprint density at radius 3 is 2.95 bits per heavy atom. The molecule has 0 radical (unpaired) electrons. The molecule has 0 aliphatic carbocycles. The maximum absolute atomic E-state index is 12.2. The molecule has 0 unspecified atom stereocenters. The van der Waals surface area contributed by atoms with Gasteiger partial charge in [0, 0.05) is 23.5 Å². The summed E-state index contributed by atoms with van der Waals surface area (Å²) in [4.78, 5) is 24.6. The summed E-state index contributed by atoms with van der Waals surface area (Å²) in [5, 5.41) is 5.23. The van der Waals surface area contributed by atoms with E-state index in [1.165, 1.54) is 11.3 Å². The van der Waals surface area contributed by atoms with Gasteiger partial charge in [0.25, 0.3) is 5.91 Å². The van der Waals surface area contributed by atoms with E-state index in [0.29, 0.717) is 16.4 Å². The van der Waals surface area contributed by atoms with Crippen molar-refractivity contribution in [1.82, 2.24) is 15.0 Å². The van der Waals surface area contributed by atoms with Gasteiger partial charge in [0.05, 0.1) is 6.20 Å². The fourth-order valence-corrected chi connectivity index (χ4v) is 2.58. The molecule has 1 amide bonds. The van der Waals surface area contributed by atoms with Crippen LogP contribution in [0.15, 0.2) is 48.2 Å². The van der Waals surface area contributed by atoms with Crippen LogP contribution in [0.3, 0.4) is 0 Å². The van der Waals surface area contributed by atoms with Crippen LogP contribution in [0.1, 0.15) is 16.1 Å². The number of benzene rings is 1. The topological polar surface area (TPSA) is 67.8 Å². The maximum atomic E-state index is 12.2. The van der Waals surface area contributed by atoms with E-state index in [0.717, 1.165) is 11.3 Å². The average Bonchev–Trinajstić information content (AvgIpc) is 2.98. The van der Waals surface area contributed by atoms with Gasteiger partial charge in [-0.15, -0.1) is 11.3 Å². The number of hydrogen-bond acceptors (Lipinski definition) is 5. The number of aromatic nitrogens is 3. The second-order valence-electron chi connectivity index (χ2n) is 4.45. The molecule has 104 valence electrons. The van der Waals surface area contributed by atoms with Gasteiger partial charge >= 0.3 is 0 Å². The molecule has 0 aliphatic rings. The summed E-state index contributed by atoms with van der Waals surface area (Å²) < 4.78 is 0. The van der Waals surface area contributed by atoms with Gasteiger partial charge in [-0.05, 0) is 24.6 Å². The zero-order chi connectivity index (χ0) is 14.7. The molecule has 3 aromatic rings. The number of thiazole rings is 1. The first-order valence-corrected chi connectivity index (χ1v) is 7.20. The number of aryl methyl sites for hydroxylation is 1. The monoisotopic (exact) mass is 296 g/mol. The molecular weight excluding hydrogens is 284 g/mol. The number of amides is 1. The molecular formula is C15H12N4OS. The van der Waals surface area contributed by atoms with Crippen molar-refractivity contribution in [1.29, 1.82) is 0 Å².